The topological polar surface area (TPSA) is 66.2 Å². The molecule has 1 heterocycles. The summed E-state index contributed by atoms with van der Waals surface area (Å²) in [5.41, 5.74) is 4.78. The number of aromatic nitrogens is 1. The Morgan fingerprint density at radius 3 is 2.75 bits per heavy atom. The SMILES string of the molecule is Cc1ccc(C)c(C(O)c2ccc3[nH]c(=O)oc3c2)c1. The average molecular weight is 269 g/mol. The summed E-state index contributed by atoms with van der Waals surface area (Å²) in [7, 11) is 0. The van der Waals surface area contributed by atoms with Gasteiger partial charge >= 0.3 is 5.76 Å². The molecule has 102 valence electrons. The highest BCUT2D eigenvalue weighted by Gasteiger charge is 2.14. The largest absolute Gasteiger partial charge is 0.417 e. The first-order chi connectivity index (χ1) is 9.54. The summed E-state index contributed by atoms with van der Waals surface area (Å²) in [5.74, 6) is -0.488. The molecule has 0 saturated heterocycles. The normalized spacial score (nSPS) is 12.8. The smallest absolute Gasteiger partial charge is 0.408 e. The van der Waals surface area contributed by atoms with Gasteiger partial charge in [-0.15, -0.1) is 0 Å². The number of fused-ring (bicyclic) bond motifs is 1. The van der Waals surface area contributed by atoms with Gasteiger partial charge < -0.3 is 9.52 Å². The van der Waals surface area contributed by atoms with Gasteiger partial charge in [-0.1, -0.05) is 29.8 Å². The molecular formula is C16H15NO3. The highest BCUT2D eigenvalue weighted by molar-refractivity contribution is 5.73. The Bertz CT molecular complexity index is 829. The molecule has 3 rings (SSSR count). The van der Waals surface area contributed by atoms with Gasteiger partial charge in [0.1, 0.15) is 6.10 Å². The van der Waals surface area contributed by atoms with Gasteiger partial charge in [-0.25, -0.2) is 4.79 Å². The van der Waals surface area contributed by atoms with E-state index < -0.39 is 11.9 Å². The first-order valence-electron chi connectivity index (χ1n) is 6.42. The molecule has 2 N–H and O–H groups in total. The van der Waals surface area contributed by atoms with Crippen molar-refractivity contribution in [1.82, 2.24) is 4.98 Å². The minimum Gasteiger partial charge on any atom is -0.408 e. The van der Waals surface area contributed by atoms with Crippen molar-refractivity contribution in [2.75, 3.05) is 0 Å². The monoisotopic (exact) mass is 269 g/mol. The van der Waals surface area contributed by atoms with E-state index in [1.165, 1.54) is 0 Å². The highest BCUT2D eigenvalue weighted by Crippen LogP contribution is 2.27. The zero-order valence-corrected chi connectivity index (χ0v) is 11.3. The predicted molar refractivity (Wildman–Crippen MR) is 76.8 cm³/mol. The Hall–Kier alpha value is -2.33. The van der Waals surface area contributed by atoms with E-state index in [4.69, 9.17) is 4.42 Å². The zero-order valence-electron chi connectivity index (χ0n) is 11.3. The standard InChI is InChI=1S/C16H15NO3/c1-9-3-4-10(2)12(7-9)15(18)11-5-6-13-14(8-11)20-16(19)17-13/h3-8,15,18H,1-2H3,(H,17,19). The van der Waals surface area contributed by atoms with Crippen LogP contribution in [0, 0.1) is 13.8 Å². The summed E-state index contributed by atoms with van der Waals surface area (Å²) in [6, 6.07) is 11.2. The van der Waals surface area contributed by atoms with Crippen molar-refractivity contribution in [2.45, 2.75) is 20.0 Å². The van der Waals surface area contributed by atoms with E-state index in [-0.39, 0.29) is 0 Å². The van der Waals surface area contributed by atoms with E-state index in [0.717, 1.165) is 16.7 Å². The molecule has 2 aromatic carbocycles. The molecule has 0 saturated carbocycles. The molecule has 1 aromatic heterocycles. The number of nitrogens with one attached hydrogen (secondary N) is 1. The number of hydrogen-bond acceptors (Lipinski definition) is 3. The quantitative estimate of drug-likeness (QED) is 0.751. The van der Waals surface area contributed by atoms with E-state index in [9.17, 15) is 9.90 Å². The van der Waals surface area contributed by atoms with Gasteiger partial charge in [-0.3, -0.25) is 4.98 Å². The molecule has 4 nitrogen and oxygen atoms in total. The minimum absolute atomic E-state index is 0.455. The van der Waals surface area contributed by atoms with Crippen LogP contribution >= 0.6 is 0 Å². The number of hydrogen-bond donors (Lipinski definition) is 2. The van der Waals surface area contributed by atoms with Crippen LogP contribution in [0.5, 0.6) is 0 Å². The molecule has 1 unspecified atom stereocenters. The summed E-state index contributed by atoms with van der Waals surface area (Å²) in [6.07, 6.45) is -0.737. The van der Waals surface area contributed by atoms with E-state index in [0.29, 0.717) is 16.7 Å². The van der Waals surface area contributed by atoms with E-state index in [1.54, 1.807) is 18.2 Å². The molecule has 3 aromatic rings. The number of H-pyrrole nitrogens is 1. The van der Waals surface area contributed by atoms with Gasteiger partial charge in [0.25, 0.3) is 0 Å². The summed E-state index contributed by atoms with van der Waals surface area (Å²) >= 11 is 0. The average Bonchev–Trinajstić information content (AvgIpc) is 2.79. The van der Waals surface area contributed by atoms with Crippen LogP contribution in [0.2, 0.25) is 0 Å². The van der Waals surface area contributed by atoms with Crippen molar-refractivity contribution in [1.29, 1.82) is 0 Å². The van der Waals surface area contributed by atoms with Crippen LogP contribution in [0.3, 0.4) is 0 Å². The second kappa shape index (κ2) is 4.65. The van der Waals surface area contributed by atoms with Gasteiger partial charge in [-0.2, -0.15) is 0 Å². The maximum Gasteiger partial charge on any atom is 0.417 e. The fourth-order valence-corrected chi connectivity index (χ4v) is 2.37. The lowest BCUT2D eigenvalue weighted by Crippen LogP contribution is -2.02. The fraction of sp³-hybridized carbons (Fsp3) is 0.188. The number of aliphatic hydroxyl groups is 1. The molecule has 0 aliphatic heterocycles. The predicted octanol–water partition coefficient (Wildman–Crippen LogP) is 2.82. The van der Waals surface area contributed by atoms with Gasteiger partial charge in [0.2, 0.25) is 0 Å². The molecule has 4 heteroatoms. The van der Waals surface area contributed by atoms with Gasteiger partial charge in [0, 0.05) is 0 Å². The molecule has 1 atom stereocenters. The van der Waals surface area contributed by atoms with Gasteiger partial charge in [0.05, 0.1) is 5.52 Å². The minimum atomic E-state index is -0.737. The summed E-state index contributed by atoms with van der Waals surface area (Å²) in [6.45, 7) is 3.96. The van der Waals surface area contributed by atoms with Crippen LogP contribution in [-0.4, -0.2) is 10.1 Å². The van der Waals surface area contributed by atoms with E-state index in [1.807, 2.05) is 32.0 Å². The molecule has 0 aliphatic rings. The van der Waals surface area contributed by atoms with Crippen LogP contribution in [-0.2, 0) is 0 Å². The molecular weight excluding hydrogens is 254 g/mol. The van der Waals surface area contributed by atoms with Crippen molar-refractivity contribution in [2.24, 2.45) is 0 Å². The van der Waals surface area contributed by atoms with Gasteiger partial charge in [0.15, 0.2) is 5.58 Å². The highest BCUT2D eigenvalue weighted by atomic mass is 16.4. The fourth-order valence-electron chi connectivity index (χ4n) is 2.37. The number of benzene rings is 2. The van der Waals surface area contributed by atoms with Crippen molar-refractivity contribution < 1.29 is 9.52 Å². The van der Waals surface area contributed by atoms with Crippen LogP contribution in [0.15, 0.2) is 45.6 Å². The molecule has 0 bridgehead atoms. The second-order valence-corrected chi connectivity index (χ2v) is 5.03. The third-order valence-electron chi connectivity index (χ3n) is 3.49. The van der Waals surface area contributed by atoms with Crippen LogP contribution < -0.4 is 5.76 Å². The van der Waals surface area contributed by atoms with Crippen molar-refractivity contribution in [3.8, 4) is 0 Å². The lowest BCUT2D eigenvalue weighted by molar-refractivity contribution is 0.219. The number of aliphatic hydroxyl groups excluding tert-OH is 1. The summed E-state index contributed by atoms with van der Waals surface area (Å²) < 4.78 is 5.03. The third kappa shape index (κ3) is 2.14. The first kappa shape index (κ1) is 12.7. The maximum absolute atomic E-state index is 11.2. The lowest BCUT2D eigenvalue weighted by Gasteiger charge is -2.14. The number of aryl methyl sites for hydroxylation is 2. The van der Waals surface area contributed by atoms with E-state index in [2.05, 4.69) is 4.98 Å². The molecule has 0 radical (unpaired) electrons. The Kier molecular flexibility index (Phi) is 2.95. The molecule has 0 aliphatic carbocycles. The summed E-state index contributed by atoms with van der Waals surface area (Å²) in [5, 5.41) is 10.5. The van der Waals surface area contributed by atoms with Crippen molar-refractivity contribution >= 4 is 11.1 Å². The Balaban J connectivity index is 2.09. The third-order valence-corrected chi connectivity index (χ3v) is 3.49. The zero-order chi connectivity index (χ0) is 14.3. The Labute approximate surface area is 115 Å². The molecule has 0 amide bonds. The van der Waals surface area contributed by atoms with Crippen molar-refractivity contribution in [3.63, 3.8) is 0 Å². The van der Waals surface area contributed by atoms with Crippen molar-refractivity contribution in [3.05, 3.63) is 69.2 Å². The van der Waals surface area contributed by atoms with E-state index >= 15 is 0 Å². The number of rotatable bonds is 2. The Morgan fingerprint density at radius 1 is 1.15 bits per heavy atom. The van der Waals surface area contributed by atoms with Crippen LogP contribution in [0.1, 0.15) is 28.4 Å². The molecule has 20 heavy (non-hydrogen) atoms. The lowest BCUT2D eigenvalue weighted by atomic mass is 9.96. The summed E-state index contributed by atoms with van der Waals surface area (Å²) in [4.78, 5) is 13.7. The maximum atomic E-state index is 11.2. The number of aromatic amines is 1. The molecule has 0 spiro atoms. The first-order valence-corrected chi connectivity index (χ1v) is 6.42. The number of oxazole rings is 1. The van der Waals surface area contributed by atoms with Crippen LogP contribution in [0.4, 0.5) is 0 Å². The molecule has 0 fully saturated rings. The van der Waals surface area contributed by atoms with Gasteiger partial charge in [-0.05, 0) is 42.7 Å². The van der Waals surface area contributed by atoms with Crippen LogP contribution in [0.25, 0.3) is 11.1 Å². The second-order valence-electron chi connectivity index (χ2n) is 5.03. The Morgan fingerprint density at radius 2 is 1.95 bits per heavy atom.